The Morgan fingerprint density at radius 3 is 2.64 bits per heavy atom. The summed E-state index contributed by atoms with van der Waals surface area (Å²) in [6.07, 6.45) is 0.886. The summed E-state index contributed by atoms with van der Waals surface area (Å²) in [5, 5.41) is 11.1. The Morgan fingerprint density at radius 2 is 2.27 bits per heavy atom. The molecule has 4 heteroatoms. The van der Waals surface area contributed by atoms with Gasteiger partial charge in [-0.2, -0.15) is 0 Å². The molecule has 0 aromatic heterocycles. The van der Waals surface area contributed by atoms with E-state index in [9.17, 15) is 4.79 Å². The van der Waals surface area contributed by atoms with Gasteiger partial charge in [-0.1, -0.05) is 12.1 Å². The molecule has 0 bridgehead atoms. The molecule has 4 nitrogen and oxygen atoms in total. The third kappa shape index (κ3) is 4.50. The molecule has 0 atom stereocenters. The van der Waals surface area contributed by atoms with Crippen molar-refractivity contribution in [2.45, 2.75) is 20.3 Å². The van der Waals surface area contributed by atoms with E-state index < -0.39 is 0 Å². The Kier molecular flexibility index (Phi) is 5.37. The zero-order valence-electron chi connectivity index (χ0n) is 6.83. The molecule has 0 aliphatic carbocycles. The highest BCUT2D eigenvalue weighted by molar-refractivity contribution is 6.39. The summed E-state index contributed by atoms with van der Waals surface area (Å²) < 4.78 is 4.99. The first-order valence-corrected chi connectivity index (χ1v) is 3.52. The molecule has 1 N–H and O–H groups in total. The van der Waals surface area contributed by atoms with E-state index in [0.717, 1.165) is 6.42 Å². The Bertz CT molecular complexity index is 154. The van der Waals surface area contributed by atoms with Crippen molar-refractivity contribution in [3.8, 4) is 0 Å². The van der Waals surface area contributed by atoms with Crippen molar-refractivity contribution in [2.24, 2.45) is 5.16 Å². The van der Waals surface area contributed by atoms with Gasteiger partial charge in [0.05, 0.1) is 6.61 Å². The number of hydrogen-bond acceptors (Lipinski definition) is 4. The molecule has 11 heavy (non-hydrogen) atoms. The van der Waals surface area contributed by atoms with Crippen LogP contribution in [0.1, 0.15) is 20.3 Å². The van der Waals surface area contributed by atoms with Crippen LogP contribution in [0.5, 0.6) is 0 Å². The van der Waals surface area contributed by atoms with Gasteiger partial charge in [0.15, 0.2) is 5.78 Å². The molecular weight excluding hydrogens is 146 g/mol. The van der Waals surface area contributed by atoms with Gasteiger partial charge in [-0.15, -0.1) is 0 Å². The van der Waals surface area contributed by atoms with Crippen molar-refractivity contribution in [2.75, 3.05) is 13.2 Å². The summed E-state index contributed by atoms with van der Waals surface area (Å²) in [5.41, 5.74) is 0.0680. The molecule has 0 saturated carbocycles. The molecule has 0 aliphatic rings. The molecule has 0 rings (SSSR count). The molecule has 0 saturated heterocycles. The largest absolute Gasteiger partial charge is 0.410 e. The summed E-state index contributed by atoms with van der Waals surface area (Å²) in [5.74, 6) is -0.261. The molecule has 0 unspecified atom stereocenters. The first-order chi connectivity index (χ1) is 5.22. The second-order valence-electron chi connectivity index (χ2n) is 2.16. The Labute approximate surface area is 65.8 Å². The molecule has 0 fully saturated rings. The van der Waals surface area contributed by atoms with E-state index >= 15 is 0 Å². The van der Waals surface area contributed by atoms with Crippen LogP contribution < -0.4 is 0 Å². The molecule has 0 aromatic rings. The van der Waals surface area contributed by atoms with Crippen molar-refractivity contribution in [1.29, 1.82) is 0 Å². The van der Waals surface area contributed by atoms with Gasteiger partial charge in [0.25, 0.3) is 0 Å². The van der Waals surface area contributed by atoms with Crippen LogP contribution in [0, 0.1) is 0 Å². The monoisotopic (exact) mass is 159 g/mol. The third-order valence-electron chi connectivity index (χ3n) is 1.11. The van der Waals surface area contributed by atoms with E-state index in [1.165, 1.54) is 6.92 Å². The van der Waals surface area contributed by atoms with Gasteiger partial charge in [-0.05, 0) is 6.42 Å². The van der Waals surface area contributed by atoms with E-state index in [1.807, 2.05) is 6.92 Å². The number of ether oxygens (including phenoxy) is 1. The zero-order valence-corrected chi connectivity index (χ0v) is 6.83. The summed E-state index contributed by atoms with van der Waals surface area (Å²) in [7, 11) is 0. The lowest BCUT2D eigenvalue weighted by atomic mass is 10.3. The van der Waals surface area contributed by atoms with Crippen molar-refractivity contribution in [3.05, 3.63) is 0 Å². The molecule has 0 amide bonds. The van der Waals surface area contributed by atoms with E-state index in [-0.39, 0.29) is 18.1 Å². The van der Waals surface area contributed by atoms with E-state index in [2.05, 4.69) is 5.16 Å². The molecule has 0 aromatic carbocycles. The highest BCUT2D eigenvalue weighted by atomic mass is 16.5. The topological polar surface area (TPSA) is 58.9 Å². The molecule has 0 spiro atoms. The predicted molar refractivity (Wildman–Crippen MR) is 41.0 cm³/mol. The number of ketones is 1. The van der Waals surface area contributed by atoms with Crippen LogP contribution in [0.3, 0.4) is 0 Å². The van der Waals surface area contributed by atoms with Crippen LogP contribution in [0.15, 0.2) is 5.16 Å². The highest BCUT2D eigenvalue weighted by Crippen LogP contribution is 1.85. The average molecular weight is 159 g/mol. The van der Waals surface area contributed by atoms with Gasteiger partial charge in [0.1, 0.15) is 5.71 Å². The number of rotatable bonds is 5. The number of hydrogen-bond donors (Lipinski definition) is 1. The van der Waals surface area contributed by atoms with Gasteiger partial charge in [0, 0.05) is 13.5 Å². The summed E-state index contributed by atoms with van der Waals surface area (Å²) in [6, 6.07) is 0. The standard InChI is InChI=1S/C7H13NO3/c1-3-4-11-5-7(8-10)6(2)9/h10H,3-5H2,1-2H3/b8-7-. The minimum atomic E-state index is -0.261. The number of nitrogens with zero attached hydrogens (tertiary/aromatic N) is 1. The highest BCUT2D eigenvalue weighted by Gasteiger charge is 2.05. The first kappa shape index (κ1) is 10.1. The Morgan fingerprint density at radius 1 is 1.64 bits per heavy atom. The Balaban J connectivity index is 3.63. The predicted octanol–water partition coefficient (Wildman–Crippen LogP) is 0.832. The molecule has 0 heterocycles. The van der Waals surface area contributed by atoms with Crippen molar-refractivity contribution in [1.82, 2.24) is 0 Å². The Hall–Kier alpha value is -0.900. The minimum Gasteiger partial charge on any atom is -0.410 e. The van der Waals surface area contributed by atoms with Crippen LogP contribution in [0.2, 0.25) is 0 Å². The molecule has 64 valence electrons. The maximum absolute atomic E-state index is 10.6. The number of carbonyl (C=O) groups excluding carboxylic acids is 1. The lowest BCUT2D eigenvalue weighted by Crippen LogP contribution is -2.17. The normalized spacial score (nSPS) is 11.6. The first-order valence-electron chi connectivity index (χ1n) is 3.52. The van der Waals surface area contributed by atoms with E-state index in [4.69, 9.17) is 9.94 Å². The lowest BCUT2D eigenvalue weighted by Gasteiger charge is -2.00. The maximum Gasteiger partial charge on any atom is 0.179 e. The van der Waals surface area contributed by atoms with Crippen molar-refractivity contribution in [3.63, 3.8) is 0 Å². The fraction of sp³-hybridized carbons (Fsp3) is 0.714. The van der Waals surface area contributed by atoms with Gasteiger partial charge < -0.3 is 9.94 Å². The van der Waals surface area contributed by atoms with Gasteiger partial charge in [-0.25, -0.2) is 0 Å². The quantitative estimate of drug-likeness (QED) is 0.280. The van der Waals surface area contributed by atoms with Crippen molar-refractivity contribution >= 4 is 11.5 Å². The number of Topliss-reactive ketones (excluding diaryl/α,β-unsaturated/α-hetero) is 1. The van der Waals surface area contributed by atoms with Crippen LogP contribution >= 0.6 is 0 Å². The van der Waals surface area contributed by atoms with E-state index in [1.54, 1.807) is 0 Å². The van der Waals surface area contributed by atoms with Crippen LogP contribution in [-0.4, -0.2) is 29.9 Å². The van der Waals surface area contributed by atoms with Crippen molar-refractivity contribution < 1.29 is 14.7 Å². The zero-order chi connectivity index (χ0) is 8.69. The van der Waals surface area contributed by atoms with Gasteiger partial charge in [0.2, 0.25) is 0 Å². The van der Waals surface area contributed by atoms with Gasteiger partial charge in [-0.3, -0.25) is 4.79 Å². The van der Waals surface area contributed by atoms with Crippen LogP contribution in [0.25, 0.3) is 0 Å². The second-order valence-corrected chi connectivity index (χ2v) is 2.16. The minimum absolute atomic E-state index is 0.0680. The molecule has 0 radical (unpaired) electrons. The molecule has 0 aliphatic heterocycles. The fourth-order valence-electron chi connectivity index (χ4n) is 0.514. The smallest absolute Gasteiger partial charge is 0.179 e. The third-order valence-corrected chi connectivity index (χ3v) is 1.11. The lowest BCUT2D eigenvalue weighted by molar-refractivity contribution is -0.111. The number of oxime groups is 1. The summed E-state index contributed by atoms with van der Waals surface area (Å²) >= 11 is 0. The van der Waals surface area contributed by atoms with E-state index in [0.29, 0.717) is 6.61 Å². The number of carbonyl (C=O) groups is 1. The maximum atomic E-state index is 10.6. The van der Waals surface area contributed by atoms with Gasteiger partial charge >= 0.3 is 0 Å². The average Bonchev–Trinajstić information content (AvgIpc) is 1.97. The second kappa shape index (κ2) is 5.85. The SMILES string of the molecule is CCCOC/C(=N/O)C(C)=O. The summed E-state index contributed by atoms with van der Waals surface area (Å²) in [6.45, 7) is 3.97. The molecular formula is C7H13NO3. The summed E-state index contributed by atoms with van der Waals surface area (Å²) in [4.78, 5) is 10.6. The van der Waals surface area contributed by atoms with Crippen LogP contribution in [-0.2, 0) is 9.53 Å². The van der Waals surface area contributed by atoms with Crippen LogP contribution in [0.4, 0.5) is 0 Å². The fourth-order valence-corrected chi connectivity index (χ4v) is 0.514.